The van der Waals surface area contributed by atoms with Gasteiger partial charge in [0.25, 0.3) is 0 Å². The molecular formula is C12H13Cl2NO4. The number of nitrogen functional groups attached to an aromatic ring is 1. The SMILES string of the molecule is COC(=O)CCCOC(=O)c1cc(N)cc(Cl)c1Cl. The summed E-state index contributed by atoms with van der Waals surface area (Å²) in [7, 11) is 1.29. The largest absolute Gasteiger partial charge is 0.469 e. The summed E-state index contributed by atoms with van der Waals surface area (Å²) >= 11 is 11.7. The Balaban J connectivity index is 2.57. The van der Waals surface area contributed by atoms with Crippen LogP contribution in [0.1, 0.15) is 23.2 Å². The van der Waals surface area contributed by atoms with Gasteiger partial charge < -0.3 is 15.2 Å². The molecule has 0 spiro atoms. The molecule has 1 aromatic rings. The first-order chi connectivity index (χ1) is 8.95. The molecule has 0 fully saturated rings. The van der Waals surface area contributed by atoms with E-state index in [2.05, 4.69) is 4.74 Å². The Labute approximate surface area is 120 Å². The number of anilines is 1. The van der Waals surface area contributed by atoms with E-state index in [1.54, 1.807) is 0 Å². The molecule has 19 heavy (non-hydrogen) atoms. The van der Waals surface area contributed by atoms with Crippen molar-refractivity contribution < 1.29 is 19.1 Å². The Morgan fingerprint density at radius 1 is 1.32 bits per heavy atom. The quantitative estimate of drug-likeness (QED) is 0.514. The molecule has 0 unspecified atom stereocenters. The highest BCUT2D eigenvalue weighted by molar-refractivity contribution is 6.44. The molecule has 0 bridgehead atoms. The average molecular weight is 306 g/mol. The average Bonchev–Trinajstić information content (AvgIpc) is 2.38. The lowest BCUT2D eigenvalue weighted by molar-refractivity contribution is -0.140. The van der Waals surface area contributed by atoms with Crippen molar-refractivity contribution >= 4 is 40.8 Å². The lowest BCUT2D eigenvalue weighted by Crippen LogP contribution is -2.09. The topological polar surface area (TPSA) is 78.6 Å². The summed E-state index contributed by atoms with van der Waals surface area (Å²) in [4.78, 5) is 22.6. The van der Waals surface area contributed by atoms with Gasteiger partial charge in [0.2, 0.25) is 0 Å². The number of methoxy groups -OCH3 is 1. The third-order valence-corrected chi connectivity index (χ3v) is 3.06. The molecule has 1 rings (SSSR count). The van der Waals surface area contributed by atoms with Crippen LogP contribution >= 0.6 is 23.2 Å². The van der Waals surface area contributed by atoms with Crippen molar-refractivity contribution in [1.29, 1.82) is 0 Å². The van der Waals surface area contributed by atoms with Crippen LogP contribution in [0, 0.1) is 0 Å². The monoisotopic (exact) mass is 305 g/mol. The van der Waals surface area contributed by atoms with Crippen LogP contribution in [0.3, 0.4) is 0 Å². The molecular weight excluding hydrogens is 293 g/mol. The maximum atomic E-state index is 11.7. The third-order valence-electron chi connectivity index (χ3n) is 2.26. The summed E-state index contributed by atoms with van der Waals surface area (Å²) in [5.74, 6) is -0.995. The number of esters is 2. The minimum Gasteiger partial charge on any atom is -0.469 e. The van der Waals surface area contributed by atoms with E-state index < -0.39 is 5.97 Å². The standard InChI is InChI=1S/C12H13Cl2NO4/c1-18-10(16)3-2-4-19-12(17)8-5-7(15)6-9(13)11(8)14/h5-6H,2-4,15H2,1H3. The van der Waals surface area contributed by atoms with Crippen LogP contribution in [-0.4, -0.2) is 25.7 Å². The highest BCUT2D eigenvalue weighted by Crippen LogP contribution is 2.29. The van der Waals surface area contributed by atoms with Gasteiger partial charge in [-0.2, -0.15) is 0 Å². The Bertz CT molecular complexity index is 491. The molecule has 7 heteroatoms. The van der Waals surface area contributed by atoms with E-state index in [1.165, 1.54) is 19.2 Å². The van der Waals surface area contributed by atoms with Gasteiger partial charge in [-0.05, 0) is 18.6 Å². The summed E-state index contributed by atoms with van der Waals surface area (Å²) in [6, 6.07) is 2.83. The number of carbonyl (C=O) groups excluding carboxylic acids is 2. The number of rotatable bonds is 5. The lowest BCUT2D eigenvalue weighted by atomic mass is 10.2. The van der Waals surface area contributed by atoms with Crippen LogP contribution in [0.5, 0.6) is 0 Å². The first-order valence-corrected chi connectivity index (χ1v) is 6.19. The Morgan fingerprint density at radius 3 is 2.63 bits per heavy atom. The molecule has 1 aromatic carbocycles. The van der Waals surface area contributed by atoms with Crippen molar-refractivity contribution in [1.82, 2.24) is 0 Å². The van der Waals surface area contributed by atoms with Gasteiger partial charge in [-0.15, -0.1) is 0 Å². The fraction of sp³-hybridized carbons (Fsp3) is 0.333. The van der Waals surface area contributed by atoms with Gasteiger partial charge in [0.15, 0.2) is 0 Å². The second-order valence-electron chi connectivity index (χ2n) is 3.68. The molecule has 0 aliphatic heterocycles. The van der Waals surface area contributed by atoms with Gasteiger partial charge in [-0.25, -0.2) is 4.79 Å². The Hall–Kier alpha value is -1.46. The van der Waals surface area contributed by atoms with Gasteiger partial charge in [0, 0.05) is 12.1 Å². The minimum atomic E-state index is -0.635. The molecule has 104 valence electrons. The fourth-order valence-electron chi connectivity index (χ4n) is 1.32. The zero-order valence-corrected chi connectivity index (χ0v) is 11.8. The number of ether oxygens (including phenoxy) is 2. The van der Waals surface area contributed by atoms with Crippen LogP contribution in [0.2, 0.25) is 10.0 Å². The lowest BCUT2D eigenvalue weighted by Gasteiger charge is -2.08. The van der Waals surface area contributed by atoms with Gasteiger partial charge in [-0.3, -0.25) is 4.79 Å². The molecule has 0 aliphatic carbocycles. The minimum absolute atomic E-state index is 0.0800. The van der Waals surface area contributed by atoms with Gasteiger partial charge in [0.1, 0.15) is 0 Å². The van der Waals surface area contributed by atoms with Crippen molar-refractivity contribution in [2.45, 2.75) is 12.8 Å². The Morgan fingerprint density at radius 2 is 2.00 bits per heavy atom. The van der Waals surface area contributed by atoms with E-state index >= 15 is 0 Å². The van der Waals surface area contributed by atoms with Gasteiger partial charge in [-0.1, -0.05) is 23.2 Å². The molecule has 5 nitrogen and oxygen atoms in total. The second-order valence-corrected chi connectivity index (χ2v) is 4.47. The maximum absolute atomic E-state index is 11.7. The molecule has 0 aromatic heterocycles. The number of carbonyl (C=O) groups is 2. The van der Waals surface area contributed by atoms with Crippen LogP contribution in [0.15, 0.2) is 12.1 Å². The van der Waals surface area contributed by atoms with Gasteiger partial charge >= 0.3 is 11.9 Å². The molecule has 0 atom stereocenters. The molecule has 0 radical (unpaired) electrons. The second kappa shape index (κ2) is 7.21. The van der Waals surface area contributed by atoms with E-state index in [9.17, 15) is 9.59 Å². The van der Waals surface area contributed by atoms with Crippen molar-refractivity contribution in [2.75, 3.05) is 19.5 Å². The van der Waals surface area contributed by atoms with Crippen LogP contribution < -0.4 is 5.73 Å². The van der Waals surface area contributed by atoms with Crippen molar-refractivity contribution in [3.63, 3.8) is 0 Å². The highest BCUT2D eigenvalue weighted by atomic mass is 35.5. The van der Waals surface area contributed by atoms with Crippen LogP contribution in [-0.2, 0) is 14.3 Å². The molecule has 0 heterocycles. The summed E-state index contributed by atoms with van der Waals surface area (Å²) < 4.78 is 9.43. The van der Waals surface area contributed by atoms with E-state index in [1.807, 2.05) is 0 Å². The first-order valence-electron chi connectivity index (χ1n) is 5.44. The fourth-order valence-corrected chi connectivity index (χ4v) is 1.73. The van der Waals surface area contributed by atoms with Crippen LogP contribution in [0.25, 0.3) is 0 Å². The predicted octanol–water partition coefficient (Wildman–Crippen LogP) is 2.69. The summed E-state index contributed by atoms with van der Waals surface area (Å²) in [6.45, 7) is 0.0800. The smallest absolute Gasteiger partial charge is 0.339 e. The van der Waals surface area contributed by atoms with E-state index in [0.29, 0.717) is 12.1 Å². The van der Waals surface area contributed by atoms with Crippen molar-refractivity contribution in [3.05, 3.63) is 27.7 Å². The number of hydrogen-bond acceptors (Lipinski definition) is 5. The molecule has 0 amide bonds. The molecule has 0 aliphatic rings. The third kappa shape index (κ3) is 4.61. The molecule has 0 saturated heterocycles. The van der Waals surface area contributed by atoms with Crippen molar-refractivity contribution in [2.24, 2.45) is 0 Å². The van der Waals surface area contributed by atoms with Crippen LogP contribution in [0.4, 0.5) is 5.69 Å². The van der Waals surface area contributed by atoms with Gasteiger partial charge in [0.05, 0.1) is 29.3 Å². The van der Waals surface area contributed by atoms with E-state index in [-0.39, 0.29) is 34.6 Å². The summed E-state index contributed by atoms with van der Waals surface area (Å²) in [5.41, 5.74) is 5.98. The summed E-state index contributed by atoms with van der Waals surface area (Å²) in [6.07, 6.45) is 0.543. The number of benzene rings is 1. The van der Waals surface area contributed by atoms with Crippen molar-refractivity contribution in [3.8, 4) is 0 Å². The van der Waals surface area contributed by atoms with E-state index in [4.69, 9.17) is 33.7 Å². The normalized spacial score (nSPS) is 10.1. The number of hydrogen-bond donors (Lipinski definition) is 1. The number of nitrogens with two attached hydrogens (primary N) is 1. The number of halogens is 2. The first kappa shape index (κ1) is 15.6. The molecule has 2 N–H and O–H groups in total. The summed E-state index contributed by atoms with van der Waals surface area (Å²) in [5, 5.41) is 0.275. The molecule has 0 saturated carbocycles. The zero-order valence-electron chi connectivity index (χ0n) is 10.2. The maximum Gasteiger partial charge on any atom is 0.339 e. The highest BCUT2D eigenvalue weighted by Gasteiger charge is 2.15. The van der Waals surface area contributed by atoms with E-state index in [0.717, 1.165) is 0 Å². The Kier molecular flexibility index (Phi) is 5.92. The predicted molar refractivity (Wildman–Crippen MR) is 72.4 cm³/mol. The zero-order chi connectivity index (χ0) is 14.4.